The maximum atomic E-state index is 14.1. The zero-order valence-corrected chi connectivity index (χ0v) is 64.1. The predicted octanol–water partition coefficient (Wildman–Crippen LogP) is 17.8. The van der Waals surface area contributed by atoms with Crippen molar-refractivity contribution in [2.24, 2.45) is 46.8 Å². The minimum absolute atomic E-state index is 0.0341. The number of benzene rings is 3. The van der Waals surface area contributed by atoms with Crippen molar-refractivity contribution in [2.75, 3.05) is 47.8 Å². The van der Waals surface area contributed by atoms with Crippen LogP contribution in [0.15, 0.2) is 72.8 Å². The van der Waals surface area contributed by atoms with Crippen molar-refractivity contribution in [1.29, 1.82) is 0 Å². The van der Waals surface area contributed by atoms with Gasteiger partial charge in [0.1, 0.15) is 47.6 Å². The van der Waals surface area contributed by atoms with Crippen LogP contribution < -0.4 is 14.2 Å². The third kappa shape index (κ3) is 29.0. The number of Topliss-reactive ketones (excluding diaryl/α,β-unsaturated/α-hetero) is 2. The molecule has 568 valence electrons. The largest absolute Gasteiger partial charge is 0.497 e. The second kappa shape index (κ2) is 46.1. The molecular weight excluding hydrogens is 1290 g/mol. The highest BCUT2D eigenvalue weighted by Gasteiger charge is 2.51. The van der Waals surface area contributed by atoms with Crippen LogP contribution in [0, 0.1) is 59.2 Å². The van der Waals surface area contributed by atoms with E-state index in [9.17, 15) is 33.6 Å². The van der Waals surface area contributed by atoms with Gasteiger partial charge in [-0.15, -0.1) is 12.3 Å². The Morgan fingerprint density at radius 3 is 1.46 bits per heavy atom. The first-order valence-corrected chi connectivity index (χ1v) is 38.5. The number of carbonyl (C=O) groups excluding carboxylic acids is 7. The first-order valence-electron chi connectivity index (χ1n) is 38.5. The molecule has 0 radical (unpaired) electrons. The van der Waals surface area contributed by atoms with E-state index in [1.165, 1.54) is 37.5 Å². The standard InChI is InChI=1S/C85H126O17/c1-14-15-20-29-67(80(61(4)5)62(6)7)49-52-84(53-54-85(68-35-41-72(93-11)42-36-68,69-37-43-73(94-12)44-38-69)70-39-45-74(95-13)46-40-70)50-47-66(48-51-84)76(90)32-23-17-16-21-30-71(89)31-22-18-26-55-96-78(91)33-24-19-27-56-97-79(92)34-25-28-57-98-83-75(58-60(2)3)81(100-64(9)87)82(101-65(10)88)77(102-83)59-99-63(8)86/h1,35-46,60-62,66-67,75,77,80-83H,15-34,47-59H2,2-13H3/t66?,67?,75-,77-,81-,82+,83+,84?/m1/s1. The fraction of sp³-hybridized carbons (Fsp3) is 0.682. The summed E-state index contributed by atoms with van der Waals surface area (Å²) < 4.78 is 56.9. The number of ether oxygens (including phenoxy) is 10. The zero-order chi connectivity index (χ0) is 74.5. The monoisotopic (exact) mass is 1420 g/mol. The fourth-order valence-corrected chi connectivity index (χ4v) is 16.0. The van der Waals surface area contributed by atoms with E-state index in [1.54, 1.807) is 21.3 Å². The van der Waals surface area contributed by atoms with Crippen LogP contribution in [0.1, 0.15) is 265 Å². The molecule has 1 saturated carbocycles. The first-order chi connectivity index (χ1) is 49.0. The van der Waals surface area contributed by atoms with Gasteiger partial charge in [-0.1, -0.05) is 90.8 Å². The number of carbonyl (C=O) groups is 7. The second-order valence-electron chi connectivity index (χ2n) is 29.9. The molecule has 17 nitrogen and oxygen atoms in total. The van der Waals surface area contributed by atoms with Crippen molar-refractivity contribution >= 4 is 41.4 Å². The molecule has 6 atom stereocenters. The van der Waals surface area contributed by atoms with E-state index >= 15 is 0 Å². The maximum Gasteiger partial charge on any atom is 0.305 e. The highest BCUT2D eigenvalue weighted by molar-refractivity contribution is 5.81. The quantitative estimate of drug-likeness (QED) is 0.0169. The van der Waals surface area contributed by atoms with Crippen molar-refractivity contribution in [1.82, 2.24) is 0 Å². The van der Waals surface area contributed by atoms with Crippen molar-refractivity contribution in [3.8, 4) is 29.6 Å². The van der Waals surface area contributed by atoms with E-state index < -0.39 is 53.8 Å². The van der Waals surface area contributed by atoms with Gasteiger partial charge in [0.15, 0.2) is 12.4 Å². The number of rotatable bonds is 50. The highest BCUT2D eigenvalue weighted by atomic mass is 16.7. The van der Waals surface area contributed by atoms with Gasteiger partial charge < -0.3 is 47.4 Å². The first kappa shape index (κ1) is 85.9. The number of hydrogen-bond donors (Lipinski definition) is 0. The Morgan fingerprint density at radius 2 is 1.00 bits per heavy atom. The van der Waals surface area contributed by atoms with Gasteiger partial charge in [0, 0.05) is 77.2 Å². The van der Waals surface area contributed by atoms with Crippen LogP contribution in [-0.4, -0.2) is 114 Å². The number of unbranched alkanes of at least 4 members (excludes halogenated alkanes) is 9. The summed E-state index contributed by atoms with van der Waals surface area (Å²) in [7, 11) is 5.13. The zero-order valence-electron chi connectivity index (χ0n) is 64.1. The van der Waals surface area contributed by atoms with E-state index in [-0.39, 0.29) is 67.6 Å². The molecule has 17 heteroatoms. The average molecular weight is 1420 g/mol. The van der Waals surface area contributed by atoms with E-state index in [0.29, 0.717) is 100 Å². The number of hydrogen-bond acceptors (Lipinski definition) is 17. The number of ketones is 2. The van der Waals surface area contributed by atoms with Gasteiger partial charge >= 0.3 is 29.8 Å². The molecule has 2 fully saturated rings. The van der Waals surface area contributed by atoms with Gasteiger partial charge in [-0.25, -0.2) is 0 Å². The van der Waals surface area contributed by atoms with Crippen LogP contribution in [-0.2, 0) is 72.1 Å². The Labute approximate surface area is 611 Å². The van der Waals surface area contributed by atoms with E-state index in [4.69, 9.17) is 53.8 Å². The Hall–Kier alpha value is -6.77. The predicted molar refractivity (Wildman–Crippen MR) is 397 cm³/mol. The van der Waals surface area contributed by atoms with Gasteiger partial charge in [0.05, 0.1) is 40.5 Å². The normalized spacial score (nSPS) is 19.4. The third-order valence-corrected chi connectivity index (χ3v) is 21.2. The smallest absolute Gasteiger partial charge is 0.305 e. The Kier molecular flexibility index (Phi) is 38.8. The van der Waals surface area contributed by atoms with Crippen molar-refractivity contribution in [2.45, 2.75) is 279 Å². The topological polar surface area (TPSA) is 212 Å². The van der Waals surface area contributed by atoms with Gasteiger partial charge in [0.25, 0.3) is 0 Å². The summed E-state index contributed by atoms with van der Waals surface area (Å²) >= 11 is 0. The highest BCUT2D eigenvalue weighted by Crippen LogP contribution is 2.53. The third-order valence-electron chi connectivity index (χ3n) is 21.2. The van der Waals surface area contributed by atoms with Gasteiger partial charge in [-0.2, -0.15) is 0 Å². The van der Waals surface area contributed by atoms with Crippen molar-refractivity contribution in [3.05, 3.63) is 89.5 Å². The molecular formula is C85H126O17. The lowest BCUT2D eigenvalue weighted by Gasteiger charge is -2.45. The molecule has 3 aromatic carbocycles. The summed E-state index contributed by atoms with van der Waals surface area (Å²) in [4.78, 5) is 88.0. The molecule has 0 N–H and O–H groups in total. The summed E-state index contributed by atoms with van der Waals surface area (Å²) in [6.07, 6.45) is 24.4. The summed E-state index contributed by atoms with van der Waals surface area (Å²) in [6.45, 7) is 17.9. The Bertz CT molecular complexity index is 2870. The van der Waals surface area contributed by atoms with Crippen molar-refractivity contribution in [3.63, 3.8) is 0 Å². The molecule has 1 aliphatic heterocycles. The van der Waals surface area contributed by atoms with Crippen LogP contribution in [0.25, 0.3) is 0 Å². The molecule has 1 heterocycles. The molecule has 3 aromatic rings. The SMILES string of the molecule is C#CCCCC(CCC1(CCC(c2ccc(OC)cc2)(c2ccc(OC)cc2)c2ccc(OC)cc2)CCC(C(=O)CCCCCCC(=O)CCCCCOC(=O)CCCCCOC(=O)CCCCO[C@H]2O[C@H](COC(C)=O)[C@H](OC(C)=O)[C@H](OC(C)=O)[C@H]2CC(C)C)CC1)C(C(C)C)C(C)C. The molecule has 0 amide bonds. The van der Waals surface area contributed by atoms with Crippen LogP contribution >= 0.6 is 0 Å². The van der Waals surface area contributed by atoms with E-state index in [1.807, 2.05) is 13.8 Å². The van der Waals surface area contributed by atoms with Crippen LogP contribution in [0.3, 0.4) is 0 Å². The van der Waals surface area contributed by atoms with Crippen molar-refractivity contribution < 1.29 is 80.9 Å². The summed E-state index contributed by atoms with van der Waals surface area (Å²) in [6, 6.07) is 25.8. The molecule has 0 aromatic heterocycles. The number of esters is 5. The number of terminal acetylenes is 1. The molecule has 5 rings (SSSR count). The van der Waals surface area contributed by atoms with Crippen LogP contribution in [0.4, 0.5) is 0 Å². The minimum atomic E-state index is -1.02. The molecule has 1 saturated heterocycles. The molecule has 0 spiro atoms. The maximum absolute atomic E-state index is 14.1. The molecule has 2 aliphatic rings. The van der Waals surface area contributed by atoms with Crippen LogP contribution in [0.2, 0.25) is 0 Å². The summed E-state index contributed by atoms with van der Waals surface area (Å²) in [5, 5.41) is 0. The van der Waals surface area contributed by atoms with Gasteiger partial charge in [-0.05, 0) is 223 Å². The molecule has 1 aliphatic carbocycles. The van der Waals surface area contributed by atoms with Gasteiger partial charge in [0.2, 0.25) is 0 Å². The lowest BCUT2D eigenvalue weighted by molar-refractivity contribution is -0.294. The molecule has 1 unspecified atom stereocenters. The summed E-state index contributed by atoms with van der Waals surface area (Å²) in [5.41, 5.74) is 3.10. The van der Waals surface area contributed by atoms with E-state index in [0.717, 1.165) is 126 Å². The van der Waals surface area contributed by atoms with Crippen LogP contribution in [0.5, 0.6) is 17.2 Å². The lowest BCUT2D eigenvalue weighted by atomic mass is 9.59. The molecule has 102 heavy (non-hydrogen) atoms. The fourth-order valence-electron chi connectivity index (χ4n) is 16.0. The summed E-state index contributed by atoms with van der Waals surface area (Å²) in [5.74, 6) is 5.67. The lowest BCUT2D eigenvalue weighted by Crippen LogP contribution is -2.59. The number of methoxy groups -OCH3 is 3. The minimum Gasteiger partial charge on any atom is -0.497 e. The Morgan fingerprint density at radius 1 is 0.539 bits per heavy atom. The second-order valence-corrected chi connectivity index (χ2v) is 29.9. The van der Waals surface area contributed by atoms with Gasteiger partial charge in [-0.3, -0.25) is 33.6 Å². The average Bonchev–Trinajstić information content (AvgIpc) is 0.756. The Balaban J connectivity index is 0.996. The van der Waals surface area contributed by atoms with E-state index in [2.05, 4.69) is 106 Å². The molecule has 0 bridgehead atoms.